The number of ether oxygens (including phenoxy) is 1. The maximum absolute atomic E-state index is 13.6. The Morgan fingerprint density at radius 2 is 2.21 bits per heavy atom. The molecule has 1 aromatic heterocycles. The number of aryl methyl sites for hydroxylation is 1. The number of nitrogens with two attached hydrogens (primary N) is 1. The monoisotopic (exact) mass is 286 g/mol. The highest BCUT2D eigenvalue weighted by molar-refractivity contribution is 7.89. The van der Waals surface area contributed by atoms with Gasteiger partial charge in [0.05, 0.1) is 4.90 Å². The maximum Gasteiger partial charge on any atom is 0.238 e. The lowest BCUT2D eigenvalue weighted by Gasteiger charge is -2.07. The summed E-state index contributed by atoms with van der Waals surface area (Å²) in [4.78, 5) is -0.309. The predicted octanol–water partition coefficient (Wildman–Crippen LogP) is 0.181. The van der Waals surface area contributed by atoms with E-state index in [0.717, 1.165) is 6.07 Å². The van der Waals surface area contributed by atoms with E-state index in [9.17, 15) is 12.8 Å². The molecule has 0 saturated carbocycles. The molecule has 9 heteroatoms. The Balaban J connectivity index is 2.16. The first-order chi connectivity index (χ1) is 8.88. The molecule has 102 valence electrons. The van der Waals surface area contributed by atoms with E-state index in [1.54, 1.807) is 11.6 Å². The van der Waals surface area contributed by atoms with Gasteiger partial charge in [0.1, 0.15) is 12.9 Å². The second-order valence-electron chi connectivity index (χ2n) is 3.78. The van der Waals surface area contributed by atoms with Gasteiger partial charge < -0.3 is 9.30 Å². The van der Waals surface area contributed by atoms with Gasteiger partial charge in [0.2, 0.25) is 10.0 Å². The van der Waals surface area contributed by atoms with E-state index in [0.29, 0.717) is 5.82 Å². The molecule has 0 aliphatic heterocycles. The van der Waals surface area contributed by atoms with Crippen molar-refractivity contribution in [3.05, 3.63) is 36.2 Å². The zero-order valence-corrected chi connectivity index (χ0v) is 10.8. The van der Waals surface area contributed by atoms with Crippen LogP contribution in [0.2, 0.25) is 0 Å². The molecule has 0 amide bonds. The molecule has 0 radical (unpaired) electrons. The Labute approximate surface area is 108 Å². The third-order valence-electron chi connectivity index (χ3n) is 2.39. The Kier molecular flexibility index (Phi) is 3.49. The molecular formula is C10H11FN4O3S. The molecule has 0 unspecified atom stereocenters. The molecule has 2 N–H and O–H groups in total. The minimum atomic E-state index is -3.93. The number of hydrogen-bond donors (Lipinski definition) is 1. The predicted molar refractivity (Wildman–Crippen MR) is 63.1 cm³/mol. The van der Waals surface area contributed by atoms with Crippen molar-refractivity contribution in [2.75, 3.05) is 0 Å². The number of rotatable bonds is 4. The molecule has 1 heterocycles. The number of sulfonamides is 1. The minimum Gasteiger partial charge on any atom is -0.483 e. The van der Waals surface area contributed by atoms with Crippen molar-refractivity contribution < 1.29 is 17.5 Å². The zero-order valence-electron chi connectivity index (χ0n) is 9.95. The summed E-state index contributed by atoms with van der Waals surface area (Å²) in [6.45, 7) is 0.0160. The van der Waals surface area contributed by atoms with Gasteiger partial charge in [-0.05, 0) is 18.2 Å². The van der Waals surface area contributed by atoms with Crippen LogP contribution in [-0.2, 0) is 23.7 Å². The van der Waals surface area contributed by atoms with Crippen molar-refractivity contribution in [2.24, 2.45) is 12.2 Å². The molecule has 0 saturated heterocycles. The summed E-state index contributed by atoms with van der Waals surface area (Å²) in [5.74, 6) is -0.390. The molecule has 0 aliphatic rings. The molecule has 2 rings (SSSR count). The fourth-order valence-corrected chi connectivity index (χ4v) is 1.88. The summed E-state index contributed by atoms with van der Waals surface area (Å²) in [6.07, 6.45) is 1.49. The van der Waals surface area contributed by atoms with Crippen molar-refractivity contribution in [3.8, 4) is 5.75 Å². The average molecular weight is 286 g/mol. The van der Waals surface area contributed by atoms with Gasteiger partial charge in [-0.2, -0.15) is 0 Å². The topological polar surface area (TPSA) is 100 Å². The van der Waals surface area contributed by atoms with Gasteiger partial charge in [-0.1, -0.05) is 0 Å². The van der Waals surface area contributed by atoms with E-state index in [-0.39, 0.29) is 17.3 Å². The summed E-state index contributed by atoms with van der Waals surface area (Å²) in [6, 6.07) is 3.18. The first-order valence-electron chi connectivity index (χ1n) is 5.16. The fraction of sp³-hybridized carbons (Fsp3) is 0.200. The van der Waals surface area contributed by atoms with Crippen LogP contribution >= 0.6 is 0 Å². The van der Waals surface area contributed by atoms with Gasteiger partial charge in [0.25, 0.3) is 0 Å². The Bertz CT molecular complexity index is 699. The van der Waals surface area contributed by atoms with Gasteiger partial charge >= 0.3 is 0 Å². The molecule has 7 nitrogen and oxygen atoms in total. The summed E-state index contributed by atoms with van der Waals surface area (Å²) < 4.78 is 42.5. The van der Waals surface area contributed by atoms with Gasteiger partial charge in [-0.15, -0.1) is 10.2 Å². The number of primary sulfonamides is 1. The van der Waals surface area contributed by atoms with Crippen molar-refractivity contribution in [2.45, 2.75) is 11.5 Å². The van der Waals surface area contributed by atoms with Gasteiger partial charge in [-0.3, -0.25) is 0 Å². The van der Waals surface area contributed by atoms with Crippen LogP contribution in [0.25, 0.3) is 0 Å². The molecule has 0 fully saturated rings. The lowest BCUT2D eigenvalue weighted by molar-refractivity contribution is 0.276. The molecule has 0 atom stereocenters. The third-order valence-corrected chi connectivity index (χ3v) is 3.30. The molecule has 19 heavy (non-hydrogen) atoms. The van der Waals surface area contributed by atoms with Crippen molar-refractivity contribution in [1.29, 1.82) is 0 Å². The smallest absolute Gasteiger partial charge is 0.238 e. The summed E-state index contributed by atoms with van der Waals surface area (Å²) >= 11 is 0. The quantitative estimate of drug-likeness (QED) is 0.864. The van der Waals surface area contributed by atoms with E-state index in [1.165, 1.54) is 18.5 Å². The van der Waals surface area contributed by atoms with Gasteiger partial charge in [0.15, 0.2) is 17.4 Å². The van der Waals surface area contributed by atoms with E-state index in [2.05, 4.69) is 10.2 Å². The molecule has 2 aromatic rings. The Hall–Kier alpha value is -2.00. The van der Waals surface area contributed by atoms with E-state index in [4.69, 9.17) is 9.88 Å². The Morgan fingerprint density at radius 3 is 2.74 bits per heavy atom. The number of hydrogen-bond acceptors (Lipinski definition) is 5. The molecule has 0 aliphatic carbocycles. The normalized spacial score (nSPS) is 11.5. The van der Waals surface area contributed by atoms with Crippen molar-refractivity contribution >= 4 is 10.0 Å². The maximum atomic E-state index is 13.6. The molecule has 0 bridgehead atoms. The number of aromatic nitrogens is 3. The van der Waals surface area contributed by atoms with Crippen molar-refractivity contribution in [1.82, 2.24) is 14.8 Å². The first kappa shape index (κ1) is 13.4. The highest BCUT2D eigenvalue weighted by Crippen LogP contribution is 2.21. The second kappa shape index (κ2) is 4.94. The van der Waals surface area contributed by atoms with Gasteiger partial charge in [-0.25, -0.2) is 17.9 Å². The minimum absolute atomic E-state index is 0.0160. The van der Waals surface area contributed by atoms with Crippen LogP contribution in [-0.4, -0.2) is 23.2 Å². The van der Waals surface area contributed by atoms with Gasteiger partial charge in [0, 0.05) is 7.05 Å². The van der Waals surface area contributed by atoms with E-state index >= 15 is 0 Å². The average Bonchev–Trinajstić information content (AvgIpc) is 2.72. The zero-order chi connectivity index (χ0) is 14.0. The standard InChI is InChI=1S/C10H11FN4O3S/c1-15-6-13-14-10(15)5-18-9-3-2-7(4-8(9)11)19(12,16)17/h2-4,6H,5H2,1H3,(H2,12,16,17). The van der Waals surface area contributed by atoms with E-state index < -0.39 is 15.8 Å². The molecule has 0 spiro atoms. The highest BCUT2D eigenvalue weighted by Gasteiger charge is 2.13. The second-order valence-corrected chi connectivity index (χ2v) is 5.35. The van der Waals surface area contributed by atoms with E-state index in [1.807, 2.05) is 0 Å². The first-order valence-corrected chi connectivity index (χ1v) is 6.70. The van der Waals surface area contributed by atoms with Crippen LogP contribution in [0.15, 0.2) is 29.4 Å². The lowest BCUT2D eigenvalue weighted by Crippen LogP contribution is -2.12. The van der Waals surface area contributed by atoms with Crippen molar-refractivity contribution in [3.63, 3.8) is 0 Å². The largest absolute Gasteiger partial charge is 0.483 e. The molecular weight excluding hydrogens is 275 g/mol. The lowest BCUT2D eigenvalue weighted by atomic mass is 10.3. The number of halogens is 1. The summed E-state index contributed by atoms with van der Waals surface area (Å²) in [5, 5.41) is 12.3. The van der Waals surface area contributed by atoms with Crippen LogP contribution in [0.3, 0.4) is 0 Å². The van der Waals surface area contributed by atoms with Crippen LogP contribution < -0.4 is 9.88 Å². The summed E-state index contributed by atoms with van der Waals surface area (Å²) in [7, 11) is -2.21. The molecule has 1 aromatic carbocycles. The van der Waals surface area contributed by atoms with Crippen LogP contribution in [0.4, 0.5) is 4.39 Å². The SMILES string of the molecule is Cn1cnnc1COc1ccc(S(N)(=O)=O)cc1F. The van der Waals surface area contributed by atoms with Crippen LogP contribution in [0, 0.1) is 5.82 Å². The number of benzene rings is 1. The summed E-state index contributed by atoms with van der Waals surface area (Å²) in [5.41, 5.74) is 0. The van der Waals surface area contributed by atoms with Crippen LogP contribution in [0.5, 0.6) is 5.75 Å². The number of nitrogens with zero attached hydrogens (tertiary/aromatic N) is 3. The highest BCUT2D eigenvalue weighted by atomic mass is 32.2. The van der Waals surface area contributed by atoms with Crippen LogP contribution in [0.1, 0.15) is 5.82 Å². The fourth-order valence-electron chi connectivity index (χ4n) is 1.36. The Morgan fingerprint density at radius 1 is 1.47 bits per heavy atom. The third kappa shape index (κ3) is 3.06.